The minimum absolute atomic E-state index is 0.260. The maximum Gasteiger partial charge on any atom is 0.247 e. The molecule has 2 aliphatic heterocycles. The molecule has 1 spiro atoms. The van der Waals surface area contributed by atoms with Gasteiger partial charge in [0.25, 0.3) is 0 Å². The van der Waals surface area contributed by atoms with E-state index in [9.17, 15) is 8.42 Å². The van der Waals surface area contributed by atoms with E-state index < -0.39 is 15.6 Å². The summed E-state index contributed by atoms with van der Waals surface area (Å²) in [6, 6.07) is 14.6. The molecular formula is C23H28N2O4S. The van der Waals surface area contributed by atoms with Crippen LogP contribution in [-0.4, -0.2) is 56.5 Å². The average Bonchev–Trinajstić information content (AvgIpc) is 3.49. The predicted octanol–water partition coefficient (Wildman–Crippen LogP) is 3.13. The van der Waals surface area contributed by atoms with Crippen LogP contribution in [0.1, 0.15) is 24.8 Å². The molecule has 160 valence electrons. The van der Waals surface area contributed by atoms with Crippen LogP contribution in [-0.2, 0) is 16.6 Å². The molecule has 2 heterocycles. The molecule has 6 nitrogen and oxygen atoms in total. The topological polar surface area (TPSA) is 59.1 Å². The van der Waals surface area contributed by atoms with Crippen LogP contribution in [0.25, 0.3) is 0 Å². The van der Waals surface area contributed by atoms with Crippen molar-refractivity contribution >= 4 is 10.0 Å². The molecule has 0 unspecified atom stereocenters. The zero-order valence-corrected chi connectivity index (χ0v) is 18.1. The molecule has 2 fully saturated rings. The Labute approximate surface area is 178 Å². The molecule has 0 aromatic heterocycles. The van der Waals surface area contributed by atoms with Crippen molar-refractivity contribution in [3.8, 4) is 11.5 Å². The average molecular weight is 429 g/mol. The number of hydrogen-bond donors (Lipinski definition) is 0. The zero-order valence-electron chi connectivity index (χ0n) is 17.3. The fourth-order valence-electron chi connectivity index (χ4n) is 4.60. The first-order valence-electron chi connectivity index (χ1n) is 10.6. The first-order chi connectivity index (χ1) is 14.5. The van der Waals surface area contributed by atoms with Gasteiger partial charge < -0.3 is 9.47 Å². The number of rotatable bonds is 5. The molecule has 0 N–H and O–H groups in total. The lowest BCUT2D eigenvalue weighted by Gasteiger charge is -2.32. The molecule has 1 aliphatic carbocycles. The number of methoxy groups -OCH3 is 1. The number of para-hydroxylation sites is 1. The van der Waals surface area contributed by atoms with E-state index in [1.54, 1.807) is 29.6 Å². The number of fused-ring (bicyclic) bond motifs is 1. The molecule has 2 aromatic carbocycles. The first kappa shape index (κ1) is 19.8. The Morgan fingerprint density at radius 3 is 2.60 bits per heavy atom. The number of nitrogens with zero attached hydrogens (tertiary/aromatic N) is 2. The molecule has 1 saturated carbocycles. The number of hydrogen-bond acceptors (Lipinski definition) is 5. The highest BCUT2D eigenvalue weighted by Gasteiger charge is 2.48. The van der Waals surface area contributed by atoms with E-state index in [0.717, 1.165) is 43.3 Å². The summed E-state index contributed by atoms with van der Waals surface area (Å²) in [5, 5.41) is 0. The van der Waals surface area contributed by atoms with E-state index >= 15 is 0 Å². The third-order valence-electron chi connectivity index (χ3n) is 6.38. The van der Waals surface area contributed by atoms with Gasteiger partial charge in [-0.2, -0.15) is 4.31 Å². The summed E-state index contributed by atoms with van der Waals surface area (Å²) in [4.78, 5) is 2.71. The lowest BCUT2D eigenvalue weighted by Crippen LogP contribution is -2.49. The highest BCUT2D eigenvalue weighted by atomic mass is 32.2. The predicted molar refractivity (Wildman–Crippen MR) is 114 cm³/mol. The van der Waals surface area contributed by atoms with Crippen LogP contribution in [0.15, 0.2) is 53.4 Å². The van der Waals surface area contributed by atoms with Crippen LogP contribution >= 0.6 is 0 Å². The van der Waals surface area contributed by atoms with Crippen LogP contribution in [0.3, 0.4) is 0 Å². The molecule has 1 atom stereocenters. The van der Waals surface area contributed by atoms with Gasteiger partial charge in [0.05, 0.1) is 13.7 Å². The van der Waals surface area contributed by atoms with Crippen molar-refractivity contribution < 1.29 is 17.9 Å². The van der Waals surface area contributed by atoms with E-state index in [2.05, 4.69) is 4.90 Å². The van der Waals surface area contributed by atoms with Crippen LogP contribution in [0.5, 0.6) is 11.5 Å². The summed E-state index contributed by atoms with van der Waals surface area (Å²) in [7, 11) is -2.04. The van der Waals surface area contributed by atoms with E-state index in [1.165, 1.54) is 12.8 Å². The Bertz CT molecular complexity index is 1020. The summed E-state index contributed by atoms with van der Waals surface area (Å²) >= 11 is 0. The number of benzene rings is 2. The van der Waals surface area contributed by atoms with E-state index in [0.29, 0.717) is 18.8 Å². The fourth-order valence-corrected chi connectivity index (χ4v) is 6.21. The van der Waals surface area contributed by atoms with Crippen LogP contribution in [0.2, 0.25) is 0 Å². The van der Waals surface area contributed by atoms with Crippen molar-refractivity contribution in [2.75, 3.05) is 33.3 Å². The third kappa shape index (κ3) is 3.82. The minimum atomic E-state index is -3.67. The Hall–Kier alpha value is -2.09. The van der Waals surface area contributed by atoms with E-state index in [-0.39, 0.29) is 4.90 Å². The van der Waals surface area contributed by atoms with Gasteiger partial charge in [0.15, 0.2) is 0 Å². The highest BCUT2D eigenvalue weighted by Crippen LogP contribution is 2.40. The van der Waals surface area contributed by atoms with Crippen molar-refractivity contribution in [3.05, 3.63) is 54.1 Å². The van der Waals surface area contributed by atoms with Crippen LogP contribution < -0.4 is 9.47 Å². The van der Waals surface area contributed by atoms with Crippen molar-refractivity contribution in [2.24, 2.45) is 5.92 Å². The Morgan fingerprint density at radius 2 is 1.87 bits per heavy atom. The van der Waals surface area contributed by atoms with Gasteiger partial charge in [-0.1, -0.05) is 24.3 Å². The van der Waals surface area contributed by atoms with Crippen LogP contribution in [0.4, 0.5) is 0 Å². The Morgan fingerprint density at radius 1 is 1.10 bits per heavy atom. The molecule has 0 amide bonds. The number of ether oxygens (including phenoxy) is 2. The first-order valence-corrected chi connectivity index (χ1v) is 12.0. The van der Waals surface area contributed by atoms with Gasteiger partial charge in [-0.05, 0) is 48.6 Å². The Balaban J connectivity index is 1.48. The van der Waals surface area contributed by atoms with Gasteiger partial charge in [0.1, 0.15) is 22.0 Å². The van der Waals surface area contributed by atoms with Gasteiger partial charge in [-0.15, -0.1) is 0 Å². The molecule has 3 aliphatic rings. The van der Waals surface area contributed by atoms with Crippen molar-refractivity contribution in [1.82, 2.24) is 9.21 Å². The molecular weight excluding hydrogens is 400 g/mol. The second-order valence-corrected chi connectivity index (χ2v) is 10.7. The molecule has 0 bridgehead atoms. The molecule has 2 aromatic rings. The monoisotopic (exact) mass is 428 g/mol. The third-order valence-corrected chi connectivity index (χ3v) is 8.22. The number of likely N-dealkylation sites (tertiary alicyclic amines) is 1. The second-order valence-electron chi connectivity index (χ2n) is 8.78. The highest BCUT2D eigenvalue weighted by molar-refractivity contribution is 7.89. The Kier molecular flexibility index (Phi) is 5.00. The summed E-state index contributed by atoms with van der Waals surface area (Å²) in [6.07, 6.45) is 3.46. The molecule has 1 saturated heterocycles. The fraction of sp³-hybridized carbons (Fsp3) is 0.478. The summed E-state index contributed by atoms with van der Waals surface area (Å²) in [6.45, 7) is 3.49. The standard InChI is InChI=1S/C23H28N2O4S/c1-28-20-10-8-19(9-11-20)15-25-17-23(12-13-24(16-23)14-18-6-7-18)29-21-4-2-3-5-22(21)30(25,26)27/h2-5,8-11,18H,6-7,12-17H2,1H3/t23-/m1/s1. The van der Waals surface area contributed by atoms with Crippen molar-refractivity contribution in [1.29, 1.82) is 0 Å². The van der Waals surface area contributed by atoms with E-state index in [4.69, 9.17) is 9.47 Å². The normalized spacial score (nSPS) is 26.2. The van der Waals surface area contributed by atoms with Crippen molar-refractivity contribution in [3.63, 3.8) is 0 Å². The van der Waals surface area contributed by atoms with Gasteiger partial charge in [-0.25, -0.2) is 8.42 Å². The lowest BCUT2D eigenvalue weighted by molar-refractivity contribution is 0.0574. The summed E-state index contributed by atoms with van der Waals surface area (Å²) in [5.41, 5.74) is 0.419. The van der Waals surface area contributed by atoms with Gasteiger partial charge in [-0.3, -0.25) is 4.90 Å². The molecule has 0 radical (unpaired) electrons. The largest absolute Gasteiger partial charge is 0.497 e. The molecule has 30 heavy (non-hydrogen) atoms. The summed E-state index contributed by atoms with van der Waals surface area (Å²) in [5.74, 6) is 2.04. The smallest absolute Gasteiger partial charge is 0.247 e. The second kappa shape index (κ2) is 7.55. The lowest BCUT2D eigenvalue weighted by atomic mass is 10.0. The van der Waals surface area contributed by atoms with Gasteiger partial charge in [0.2, 0.25) is 10.0 Å². The van der Waals surface area contributed by atoms with Gasteiger partial charge >= 0.3 is 0 Å². The van der Waals surface area contributed by atoms with Crippen LogP contribution in [0, 0.1) is 5.92 Å². The van der Waals surface area contributed by atoms with Crippen molar-refractivity contribution in [2.45, 2.75) is 36.3 Å². The zero-order chi connectivity index (χ0) is 20.8. The molecule has 7 heteroatoms. The molecule has 5 rings (SSSR count). The SMILES string of the molecule is COc1ccc(CN2C[C@]3(CCN(CC4CC4)C3)Oc3ccccc3S2(=O)=O)cc1. The minimum Gasteiger partial charge on any atom is -0.497 e. The quantitative estimate of drug-likeness (QED) is 0.732. The maximum atomic E-state index is 13.6. The van der Waals surface area contributed by atoms with E-state index in [1.807, 2.05) is 30.3 Å². The number of sulfonamides is 1. The summed E-state index contributed by atoms with van der Waals surface area (Å²) < 4.78 is 40.5. The van der Waals surface area contributed by atoms with Gasteiger partial charge in [0, 0.05) is 32.6 Å². The maximum absolute atomic E-state index is 13.6.